The molecule has 1 atom stereocenters. The summed E-state index contributed by atoms with van der Waals surface area (Å²) in [6.45, 7) is 2.85. The van der Waals surface area contributed by atoms with E-state index in [1.165, 1.54) is 6.42 Å². The van der Waals surface area contributed by atoms with Gasteiger partial charge < -0.3 is 4.74 Å². The first-order valence-electron chi connectivity index (χ1n) is 6.83. The number of fused-ring (bicyclic) bond motifs is 1. The van der Waals surface area contributed by atoms with E-state index in [1.807, 2.05) is 23.7 Å². The maximum absolute atomic E-state index is 5.77. The third-order valence-corrected chi connectivity index (χ3v) is 3.28. The Morgan fingerprint density at radius 2 is 2.37 bits per heavy atom. The smallest absolute Gasteiger partial charge is 0.150 e. The zero-order chi connectivity index (χ0) is 13.1. The first kappa shape index (κ1) is 12.2. The van der Waals surface area contributed by atoms with Crippen LogP contribution in [0.4, 0.5) is 0 Å². The van der Waals surface area contributed by atoms with Gasteiger partial charge in [0.05, 0.1) is 11.7 Å². The van der Waals surface area contributed by atoms with Crippen molar-refractivity contribution in [1.29, 1.82) is 0 Å². The highest BCUT2D eigenvalue weighted by Crippen LogP contribution is 2.25. The van der Waals surface area contributed by atoms with E-state index in [1.54, 1.807) is 6.20 Å². The lowest BCUT2D eigenvalue weighted by Gasteiger charge is -2.23. The first-order chi connectivity index (χ1) is 9.38. The zero-order valence-corrected chi connectivity index (χ0v) is 11.1. The molecule has 1 fully saturated rings. The summed E-state index contributed by atoms with van der Waals surface area (Å²) in [6, 6.07) is 3.99. The summed E-state index contributed by atoms with van der Waals surface area (Å²) in [5, 5.41) is 4.42. The molecule has 1 saturated heterocycles. The molecule has 0 bridgehead atoms. The monoisotopic (exact) mass is 255 g/mol. The van der Waals surface area contributed by atoms with E-state index in [0.717, 1.165) is 42.6 Å². The van der Waals surface area contributed by atoms with Gasteiger partial charge in [-0.2, -0.15) is 5.10 Å². The van der Waals surface area contributed by atoms with Crippen molar-refractivity contribution in [1.82, 2.24) is 14.8 Å². The standard InChI is InChI=1S/C15H17N3O/c1-2-3-6-12-8-9-14-13(17-12)11-16-18(14)15-7-4-5-10-19-15/h8-9,11,15H,2,4-5,7,10H2,1H3. The van der Waals surface area contributed by atoms with Crippen molar-refractivity contribution in [3.8, 4) is 11.8 Å². The van der Waals surface area contributed by atoms with E-state index in [2.05, 4.69) is 21.9 Å². The van der Waals surface area contributed by atoms with Gasteiger partial charge in [0.15, 0.2) is 6.23 Å². The van der Waals surface area contributed by atoms with E-state index in [4.69, 9.17) is 4.74 Å². The predicted molar refractivity (Wildman–Crippen MR) is 73.5 cm³/mol. The van der Waals surface area contributed by atoms with Gasteiger partial charge >= 0.3 is 0 Å². The van der Waals surface area contributed by atoms with Crippen LogP contribution in [0.5, 0.6) is 0 Å². The fraction of sp³-hybridized carbons (Fsp3) is 0.467. The second-order valence-corrected chi connectivity index (χ2v) is 4.67. The molecule has 4 nitrogen and oxygen atoms in total. The number of pyridine rings is 1. The summed E-state index contributed by atoms with van der Waals surface area (Å²) in [4.78, 5) is 4.52. The number of hydrogen-bond donors (Lipinski definition) is 0. The molecule has 3 heterocycles. The van der Waals surface area contributed by atoms with Crippen LogP contribution >= 0.6 is 0 Å². The predicted octanol–water partition coefficient (Wildman–Crippen LogP) is 2.89. The Bertz CT molecular complexity index is 630. The van der Waals surface area contributed by atoms with Gasteiger partial charge in [0.25, 0.3) is 0 Å². The van der Waals surface area contributed by atoms with Gasteiger partial charge in [0.1, 0.15) is 11.2 Å². The van der Waals surface area contributed by atoms with Gasteiger partial charge in [-0.25, -0.2) is 9.67 Å². The first-order valence-corrected chi connectivity index (χ1v) is 6.83. The molecule has 98 valence electrons. The molecule has 19 heavy (non-hydrogen) atoms. The molecule has 4 heteroatoms. The summed E-state index contributed by atoms with van der Waals surface area (Å²) in [5.41, 5.74) is 2.71. The Morgan fingerprint density at radius 3 is 3.16 bits per heavy atom. The average Bonchev–Trinajstić information content (AvgIpc) is 2.89. The summed E-state index contributed by atoms with van der Waals surface area (Å²) in [6.07, 6.45) is 6.05. The van der Waals surface area contributed by atoms with Gasteiger partial charge in [0, 0.05) is 13.0 Å². The second kappa shape index (κ2) is 5.41. The molecule has 1 unspecified atom stereocenters. The third-order valence-electron chi connectivity index (χ3n) is 3.28. The van der Waals surface area contributed by atoms with Crippen LogP contribution in [0.2, 0.25) is 0 Å². The SMILES string of the molecule is CCC#Cc1ccc2c(cnn2C2CCCCO2)n1. The van der Waals surface area contributed by atoms with E-state index in [0.29, 0.717) is 0 Å². The van der Waals surface area contributed by atoms with Crippen molar-refractivity contribution in [2.24, 2.45) is 0 Å². The van der Waals surface area contributed by atoms with Crippen molar-refractivity contribution >= 4 is 11.0 Å². The minimum atomic E-state index is 0.0561. The summed E-state index contributed by atoms with van der Waals surface area (Å²) in [7, 11) is 0. The van der Waals surface area contributed by atoms with Crippen molar-refractivity contribution < 1.29 is 4.74 Å². The molecule has 0 N–H and O–H groups in total. The number of aromatic nitrogens is 3. The summed E-state index contributed by atoms with van der Waals surface area (Å²) in [5.74, 6) is 6.08. The lowest BCUT2D eigenvalue weighted by atomic mass is 10.2. The largest absolute Gasteiger partial charge is 0.356 e. The van der Waals surface area contributed by atoms with E-state index >= 15 is 0 Å². The molecule has 0 spiro atoms. The normalized spacial score (nSPS) is 19.1. The Hall–Kier alpha value is -1.86. The molecular weight excluding hydrogens is 238 g/mol. The highest BCUT2D eigenvalue weighted by atomic mass is 16.5. The minimum Gasteiger partial charge on any atom is -0.356 e. The molecule has 1 aliphatic heterocycles. The molecule has 2 aromatic heterocycles. The topological polar surface area (TPSA) is 39.9 Å². The minimum absolute atomic E-state index is 0.0561. The van der Waals surface area contributed by atoms with Crippen LogP contribution in [0.15, 0.2) is 18.3 Å². The van der Waals surface area contributed by atoms with Crippen molar-refractivity contribution in [3.05, 3.63) is 24.0 Å². The lowest BCUT2D eigenvalue weighted by Crippen LogP contribution is -2.18. The molecule has 0 radical (unpaired) electrons. The molecule has 3 rings (SSSR count). The molecule has 0 aromatic carbocycles. The maximum atomic E-state index is 5.77. The number of rotatable bonds is 1. The Morgan fingerprint density at radius 1 is 1.42 bits per heavy atom. The highest BCUT2D eigenvalue weighted by molar-refractivity contribution is 5.74. The van der Waals surface area contributed by atoms with Gasteiger partial charge in [-0.15, -0.1) is 0 Å². The van der Waals surface area contributed by atoms with Crippen LogP contribution in [0.25, 0.3) is 11.0 Å². The zero-order valence-electron chi connectivity index (χ0n) is 11.1. The fourth-order valence-electron chi connectivity index (χ4n) is 2.33. The molecule has 2 aromatic rings. The summed E-state index contributed by atoms with van der Waals surface area (Å²) < 4.78 is 7.71. The summed E-state index contributed by atoms with van der Waals surface area (Å²) >= 11 is 0. The van der Waals surface area contributed by atoms with E-state index < -0.39 is 0 Å². The van der Waals surface area contributed by atoms with Gasteiger partial charge in [0.2, 0.25) is 0 Å². The molecule has 0 amide bonds. The molecule has 0 aliphatic carbocycles. The Labute approximate surface area is 112 Å². The highest BCUT2D eigenvalue weighted by Gasteiger charge is 2.18. The van der Waals surface area contributed by atoms with Gasteiger partial charge in [-0.1, -0.05) is 12.8 Å². The van der Waals surface area contributed by atoms with Crippen molar-refractivity contribution in [3.63, 3.8) is 0 Å². The number of ether oxygens (including phenoxy) is 1. The lowest BCUT2D eigenvalue weighted by molar-refractivity contribution is -0.0366. The molecular formula is C15H17N3O. The van der Waals surface area contributed by atoms with Crippen LogP contribution in [0.3, 0.4) is 0 Å². The number of hydrogen-bond acceptors (Lipinski definition) is 3. The fourth-order valence-corrected chi connectivity index (χ4v) is 2.33. The van der Waals surface area contributed by atoms with Crippen molar-refractivity contribution in [2.45, 2.75) is 38.8 Å². The second-order valence-electron chi connectivity index (χ2n) is 4.67. The van der Waals surface area contributed by atoms with Gasteiger partial charge in [-0.05, 0) is 37.3 Å². The van der Waals surface area contributed by atoms with Crippen LogP contribution in [0, 0.1) is 11.8 Å². The van der Waals surface area contributed by atoms with Crippen LogP contribution in [0.1, 0.15) is 44.5 Å². The third kappa shape index (κ3) is 2.47. The van der Waals surface area contributed by atoms with Crippen LogP contribution < -0.4 is 0 Å². The maximum Gasteiger partial charge on any atom is 0.150 e. The van der Waals surface area contributed by atoms with Gasteiger partial charge in [-0.3, -0.25) is 0 Å². The Balaban J connectivity index is 1.95. The average molecular weight is 255 g/mol. The van der Waals surface area contributed by atoms with E-state index in [-0.39, 0.29) is 6.23 Å². The number of nitrogens with zero attached hydrogens (tertiary/aromatic N) is 3. The Kier molecular flexibility index (Phi) is 3.47. The van der Waals surface area contributed by atoms with E-state index in [9.17, 15) is 0 Å². The molecule has 0 saturated carbocycles. The van der Waals surface area contributed by atoms with Crippen LogP contribution in [-0.2, 0) is 4.74 Å². The van der Waals surface area contributed by atoms with Crippen LogP contribution in [-0.4, -0.2) is 21.4 Å². The van der Waals surface area contributed by atoms with Crippen molar-refractivity contribution in [2.75, 3.05) is 6.61 Å². The molecule has 1 aliphatic rings. The quantitative estimate of drug-likeness (QED) is 0.736.